The minimum Gasteiger partial charge on any atom is -0.279 e. The highest BCUT2D eigenvalue weighted by molar-refractivity contribution is 9.10. The summed E-state index contributed by atoms with van der Waals surface area (Å²) in [5.41, 5.74) is 3.43. The molecule has 4 rings (SSSR count). The van der Waals surface area contributed by atoms with E-state index in [1.54, 1.807) is 17.3 Å². The van der Waals surface area contributed by atoms with E-state index in [1.807, 2.05) is 55.5 Å². The van der Waals surface area contributed by atoms with Crippen LogP contribution in [-0.4, -0.2) is 15.9 Å². The number of thiazole rings is 1. The van der Waals surface area contributed by atoms with Gasteiger partial charge < -0.3 is 0 Å². The molecule has 2 aromatic carbocycles. The lowest BCUT2D eigenvalue weighted by molar-refractivity contribution is 0.0985. The fraction of sp³-hybridized carbons (Fsp3) is 0.0952. The topological polar surface area (TPSA) is 46.1 Å². The summed E-state index contributed by atoms with van der Waals surface area (Å²) in [5.74, 6) is -0.110. The van der Waals surface area contributed by atoms with E-state index < -0.39 is 0 Å². The first-order valence-electron chi connectivity index (χ1n) is 8.54. The number of pyridine rings is 1. The van der Waals surface area contributed by atoms with E-state index in [1.165, 1.54) is 11.3 Å². The molecule has 0 atom stereocenters. The molecule has 0 unspecified atom stereocenters. The predicted octanol–water partition coefficient (Wildman–Crippen LogP) is 6.26. The Balaban J connectivity index is 1.80. The summed E-state index contributed by atoms with van der Waals surface area (Å²) in [6, 6.07) is 14.9. The van der Waals surface area contributed by atoms with Crippen LogP contribution in [0.15, 0.2) is 65.4 Å². The van der Waals surface area contributed by atoms with Crippen LogP contribution in [0.1, 0.15) is 21.5 Å². The highest BCUT2D eigenvalue weighted by Crippen LogP contribution is 2.34. The smallest absolute Gasteiger partial charge is 0.260 e. The number of aryl methyl sites for hydroxylation is 1. The molecular formula is C21H15BrClN3OS. The van der Waals surface area contributed by atoms with Crippen LogP contribution in [-0.2, 0) is 6.54 Å². The maximum atomic E-state index is 13.4. The molecule has 140 valence electrons. The molecule has 4 nitrogen and oxygen atoms in total. The Bertz CT molecular complexity index is 1160. The number of anilines is 1. The zero-order chi connectivity index (χ0) is 19.7. The molecule has 7 heteroatoms. The van der Waals surface area contributed by atoms with Crippen molar-refractivity contribution in [2.75, 3.05) is 4.90 Å². The maximum absolute atomic E-state index is 13.4. The zero-order valence-corrected chi connectivity index (χ0v) is 18.1. The lowest BCUT2D eigenvalue weighted by Gasteiger charge is -2.20. The summed E-state index contributed by atoms with van der Waals surface area (Å²) in [6.07, 6.45) is 3.44. The second-order valence-corrected chi connectivity index (χ2v) is 8.68. The number of benzene rings is 2. The van der Waals surface area contributed by atoms with E-state index in [-0.39, 0.29) is 5.91 Å². The Morgan fingerprint density at radius 2 is 1.96 bits per heavy atom. The van der Waals surface area contributed by atoms with E-state index in [9.17, 15) is 4.79 Å². The molecule has 0 saturated carbocycles. The van der Waals surface area contributed by atoms with Gasteiger partial charge in [0.15, 0.2) is 5.13 Å². The number of nitrogens with zero attached hydrogens (tertiary/aromatic N) is 3. The van der Waals surface area contributed by atoms with E-state index in [0.29, 0.717) is 22.3 Å². The van der Waals surface area contributed by atoms with Gasteiger partial charge in [-0.1, -0.05) is 44.9 Å². The molecule has 1 amide bonds. The van der Waals surface area contributed by atoms with Gasteiger partial charge in [0.2, 0.25) is 0 Å². The zero-order valence-electron chi connectivity index (χ0n) is 14.9. The second-order valence-electron chi connectivity index (χ2n) is 6.32. The molecule has 0 bridgehead atoms. The molecule has 0 radical (unpaired) electrons. The molecule has 4 aromatic rings. The van der Waals surface area contributed by atoms with Crippen molar-refractivity contribution in [3.05, 3.63) is 87.1 Å². The average molecular weight is 473 g/mol. The Morgan fingerprint density at radius 1 is 1.18 bits per heavy atom. The average Bonchev–Trinajstić information content (AvgIpc) is 3.10. The number of halogens is 2. The summed E-state index contributed by atoms with van der Waals surface area (Å²) >= 11 is 11.1. The van der Waals surface area contributed by atoms with Gasteiger partial charge in [0.25, 0.3) is 5.91 Å². The van der Waals surface area contributed by atoms with Gasteiger partial charge in [0.1, 0.15) is 0 Å². The van der Waals surface area contributed by atoms with Gasteiger partial charge in [-0.3, -0.25) is 14.7 Å². The van der Waals surface area contributed by atoms with Crippen molar-refractivity contribution in [1.29, 1.82) is 0 Å². The summed E-state index contributed by atoms with van der Waals surface area (Å²) < 4.78 is 1.82. The van der Waals surface area contributed by atoms with Gasteiger partial charge in [0.05, 0.1) is 16.8 Å². The summed E-state index contributed by atoms with van der Waals surface area (Å²) in [4.78, 5) is 23.9. The van der Waals surface area contributed by atoms with Gasteiger partial charge in [-0.2, -0.15) is 0 Å². The van der Waals surface area contributed by atoms with Gasteiger partial charge in [-0.15, -0.1) is 0 Å². The highest BCUT2D eigenvalue weighted by Gasteiger charge is 2.22. The molecular weight excluding hydrogens is 458 g/mol. The van der Waals surface area contributed by atoms with Crippen LogP contribution in [0.3, 0.4) is 0 Å². The number of carbonyl (C=O) groups excluding carboxylic acids is 1. The van der Waals surface area contributed by atoms with Crippen LogP contribution < -0.4 is 4.90 Å². The molecule has 0 aliphatic heterocycles. The molecule has 0 saturated heterocycles. The number of carbonyl (C=O) groups is 1. The Kier molecular flexibility index (Phi) is 5.44. The Hall–Kier alpha value is -2.28. The number of aromatic nitrogens is 2. The standard InChI is InChI=1S/C21H15BrClN3OS/c1-13-9-17(23)11-18-19(13)25-21(28-18)26(12-14-5-7-24-8-6-14)20(27)15-3-2-4-16(22)10-15/h2-11H,12H2,1H3. The first-order valence-corrected chi connectivity index (χ1v) is 10.5. The molecule has 0 fully saturated rings. The maximum Gasteiger partial charge on any atom is 0.260 e. The molecule has 0 aliphatic carbocycles. The molecule has 0 N–H and O–H groups in total. The van der Waals surface area contributed by atoms with Crippen molar-refractivity contribution in [2.24, 2.45) is 0 Å². The molecule has 2 heterocycles. The summed E-state index contributed by atoms with van der Waals surface area (Å²) in [7, 11) is 0. The van der Waals surface area contributed by atoms with Crippen LogP contribution in [0, 0.1) is 6.92 Å². The highest BCUT2D eigenvalue weighted by atomic mass is 79.9. The first kappa shape index (κ1) is 19.1. The van der Waals surface area contributed by atoms with Gasteiger partial charge in [0, 0.05) is 27.5 Å². The largest absolute Gasteiger partial charge is 0.279 e. The number of hydrogen-bond donors (Lipinski definition) is 0. The van der Waals surface area contributed by atoms with Crippen molar-refractivity contribution in [3.8, 4) is 0 Å². The van der Waals surface area contributed by atoms with Crippen LogP contribution in [0.25, 0.3) is 10.2 Å². The summed E-state index contributed by atoms with van der Waals surface area (Å²) in [5, 5.41) is 1.31. The monoisotopic (exact) mass is 471 g/mol. The minimum atomic E-state index is -0.110. The predicted molar refractivity (Wildman–Crippen MR) is 118 cm³/mol. The Labute approximate surface area is 179 Å². The van der Waals surface area contributed by atoms with Crippen molar-refractivity contribution in [2.45, 2.75) is 13.5 Å². The number of rotatable bonds is 4. The van der Waals surface area contributed by atoms with Gasteiger partial charge >= 0.3 is 0 Å². The van der Waals surface area contributed by atoms with Gasteiger partial charge in [-0.05, 0) is 60.5 Å². The van der Waals surface area contributed by atoms with Crippen LogP contribution in [0.5, 0.6) is 0 Å². The molecule has 0 aliphatic rings. The summed E-state index contributed by atoms with van der Waals surface area (Å²) in [6.45, 7) is 2.38. The van der Waals surface area contributed by atoms with E-state index in [0.717, 1.165) is 25.8 Å². The lowest BCUT2D eigenvalue weighted by atomic mass is 10.2. The third-order valence-electron chi connectivity index (χ3n) is 4.28. The molecule has 0 spiro atoms. The third-order valence-corrected chi connectivity index (χ3v) is 6.01. The minimum absolute atomic E-state index is 0.110. The van der Waals surface area contributed by atoms with Crippen LogP contribution in [0.2, 0.25) is 5.02 Å². The fourth-order valence-corrected chi connectivity index (χ4v) is 4.75. The number of fused-ring (bicyclic) bond motifs is 1. The fourth-order valence-electron chi connectivity index (χ4n) is 2.93. The van der Waals surface area contributed by atoms with Crippen LogP contribution >= 0.6 is 38.9 Å². The Morgan fingerprint density at radius 3 is 2.71 bits per heavy atom. The SMILES string of the molecule is Cc1cc(Cl)cc2sc(N(Cc3ccncc3)C(=O)c3cccc(Br)c3)nc12. The van der Waals surface area contributed by atoms with E-state index >= 15 is 0 Å². The normalized spacial score (nSPS) is 11.0. The first-order chi connectivity index (χ1) is 13.5. The quantitative estimate of drug-likeness (QED) is 0.352. The van der Waals surface area contributed by atoms with Crippen molar-refractivity contribution in [3.63, 3.8) is 0 Å². The van der Waals surface area contributed by atoms with Crippen molar-refractivity contribution < 1.29 is 4.79 Å². The van der Waals surface area contributed by atoms with Crippen LogP contribution in [0.4, 0.5) is 5.13 Å². The number of amides is 1. The number of hydrogen-bond acceptors (Lipinski definition) is 4. The molecule has 2 aromatic heterocycles. The lowest BCUT2D eigenvalue weighted by Crippen LogP contribution is -2.30. The van der Waals surface area contributed by atoms with Gasteiger partial charge in [-0.25, -0.2) is 4.98 Å². The second kappa shape index (κ2) is 7.99. The van der Waals surface area contributed by atoms with Crippen molar-refractivity contribution in [1.82, 2.24) is 9.97 Å². The van der Waals surface area contributed by atoms with E-state index in [4.69, 9.17) is 16.6 Å². The molecule has 28 heavy (non-hydrogen) atoms. The third kappa shape index (κ3) is 3.94. The van der Waals surface area contributed by atoms with E-state index in [2.05, 4.69) is 20.9 Å². The van der Waals surface area contributed by atoms with Crippen molar-refractivity contribution >= 4 is 60.1 Å².